The molecule has 4 rings (SSSR count). The average Bonchev–Trinajstić information content (AvgIpc) is 2.57. The SMILES string of the molecule is Cl.Cl.NC(=O)C1C2Cc3cccc(O)c3C(O)=C2C(=O)C2(O)C(=O)CC(O)CC12. The van der Waals surface area contributed by atoms with Crippen LogP contribution in [0.15, 0.2) is 23.8 Å². The van der Waals surface area contributed by atoms with Crippen molar-refractivity contribution in [2.24, 2.45) is 23.5 Å². The summed E-state index contributed by atoms with van der Waals surface area (Å²) >= 11 is 0. The number of benzene rings is 1. The maximum Gasteiger partial charge on any atom is 0.221 e. The Morgan fingerprint density at radius 2 is 1.79 bits per heavy atom. The van der Waals surface area contributed by atoms with E-state index in [2.05, 4.69) is 0 Å². The Labute approximate surface area is 178 Å². The monoisotopic (exact) mass is 445 g/mol. The number of phenolic OH excluding ortho intramolecular Hbond substituents is 1. The maximum absolute atomic E-state index is 13.1. The van der Waals surface area contributed by atoms with Crippen molar-refractivity contribution in [2.75, 3.05) is 0 Å². The van der Waals surface area contributed by atoms with Gasteiger partial charge < -0.3 is 26.2 Å². The van der Waals surface area contributed by atoms with Crippen molar-refractivity contribution < 1.29 is 34.8 Å². The lowest BCUT2D eigenvalue weighted by atomic mass is 9.53. The van der Waals surface area contributed by atoms with Crippen molar-refractivity contribution in [2.45, 2.75) is 31.0 Å². The molecule has 0 radical (unpaired) electrons. The third-order valence-electron chi connectivity index (χ3n) is 6.13. The minimum absolute atomic E-state index is 0. The summed E-state index contributed by atoms with van der Waals surface area (Å²) in [5.74, 6) is -6.67. The Bertz CT molecular complexity index is 931. The average molecular weight is 446 g/mol. The predicted molar refractivity (Wildman–Crippen MR) is 106 cm³/mol. The summed E-state index contributed by atoms with van der Waals surface area (Å²) in [6, 6.07) is 4.56. The zero-order valence-corrected chi connectivity index (χ0v) is 16.7. The summed E-state index contributed by atoms with van der Waals surface area (Å²) in [5.41, 5.74) is 3.34. The van der Waals surface area contributed by atoms with Crippen LogP contribution in [0.1, 0.15) is 24.0 Å². The Morgan fingerprint density at radius 3 is 2.41 bits per heavy atom. The Hall–Kier alpha value is -2.13. The fourth-order valence-corrected chi connectivity index (χ4v) is 4.97. The van der Waals surface area contributed by atoms with E-state index in [1.165, 1.54) is 6.07 Å². The number of aliphatic hydroxyl groups excluding tert-OH is 2. The highest BCUT2D eigenvalue weighted by Gasteiger charge is 2.64. The molecule has 3 aliphatic rings. The Morgan fingerprint density at radius 1 is 1.14 bits per heavy atom. The third kappa shape index (κ3) is 3.02. The molecule has 2 fully saturated rings. The van der Waals surface area contributed by atoms with Gasteiger partial charge in [0, 0.05) is 23.8 Å². The molecule has 0 heterocycles. The molecule has 29 heavy (non-hydrogen) atoms. The summed E-state index contributed by atoms with van der Waals surface area (Å²) in [4.78, 5) is 37.9. The molecule has 0 spiro atoms. The first-order chi connectivity index (χ1) is 12.7. The van der Waals surface area contributed by atoms with Gasteiger partial charge in [0.05, 0.1) is 17.6 Å². The lowest BCUT2D eigenvalue weighted by Crippen LogP contribution is -2.66. The van der Waals surface area contributed by atoms with Crippen LogP contribution in [0.25, 0.3) is 5.76 Å². The van der Waals surface area contributed by atoms with E-state index in [4.69, 9.17) is 5.73 Å². The number of rotatable bonds is 1. The van der Waals surface area contributed by atoms with Crippen LogP contribution in [0.4, 0.5) is 0 Å². The summed E-state index contributed by atoms with van der Waals surface area (Å²) in [6.45, 7) is 0. The van der Waals surface area contributed by atoms with Gasteiger partial charge in [-0.25, -0.2) is 0 Å². The van der Waals surface area contributed by atoms with Crippen LogP contribution in [0.5, 0.6) is 5.75 Å². The largest absolute Gasteiger partial charge is 0.507 e. The Balaban J connectivity index is 0.00000150. The van der Waals surface area contributed by atoms with Crippen LogP contribution in [0.2, 0.25) is 0 Å². The van der Waals surface area contributed by atoms with Gasteiger partial charge in [-0.15, -0.1) is 24.8 Å². The van der Waals surface area contributed by atoms with Gasteiger partial charge in [-0.05, 0) is 24.5 Å². The number of fused-ring (bicyclic) bond motifs is 3. The van der Waals surface area contributed by atoms with Crippen molar-refractivity contribution in [3.05, 3.63) is 34.9 Å². The maximum atomic E-state index is 13.1. The molecule has 5 atom stereocenters. The quantitative estimate of drug-likeness (QED) is 0.392. The normalized spacial score (nSPS) is 32.9. The number of aromatic hydroxyl groups is 1. The smallest absolute Gasteiger partial charge is 0.221 e. The molecule has 1 aromatic rings. The molecule has 3 aliphatic carbocycles. The summed E-state index contributed by atoms with van der Waals surface area (Å²) in [5, 5.41) is 41.8. The number of hydrogen-bond acceptors (Lipinski definition) is 7. The number of nitrogens with two attached hydrogens (primary N) is 1. The molecule has 2 saturated carbocycles. The van der Waals surface area contributed by atoms with Crippen LogP contribution in [-0.4, -0.2) is 49.6 Å². The van der Waals surface area contributed by atoms with Crippen LogP contribution >= 0.6 is 24.8 Å². The second-order valence-corrected chi connectivity index (χ2v) is 7.53. The first kappa shape index (κ1) is 23.2. The van der Waals surface area contributed by atoms with Gasteiger partial charge in [0.25, 0.3) is 0 Å². The second-order valence-electron chi connectivity index (χ2n) is 7.53. The van der Waals surface area contributed by atoms with E-state index in [1.807, 2.05) is 0 Å². The lowest BCUT2D eigenvalue weighted by Gasteiger charge is -2.50. The van der Waals surface area contributed by atoms with Gasteiger partial charge in [-0.2, -0.15) is 0 Å². The molecule has 0 aromatic heterocycles. The van der Waals surface area contributed by atoms with E-state index in [0.29, 0.717) is 5.56 Å². The number of primary amides is 1. The zero-order chi connectivity index (χ0) is 19.7. The molecule has 1 amide bonds. The first-order valence-corrected chi connectivity index (χ1v) is 8.70. The zero-order valence-electron chi connectivity index (χ0n) is 15.1. The number of halogens is 2. The summed E-state index contributed by atoms with van der Waals surface area (Å²) in [7, 11) is 0. The molecule has 0 bridgehead atoms. The summed E-state index contributed by atoms with van der Waals surface area (Å²) < 4.78 is 0. The van der Waals surface area contributed by atoms with Gasteiger partial charge >= 0.3 is 0 Å². The van der Waals surface area contributed by atoms with Crippen molar-refractivity contribution in [1.29, 1.82) is 0 Å². The molecular weight excluding hydrogens is 425 g/mol. The van der Waals surface area contributed by atoms with Crippen LogP contribution in [-0.2, 0) is 20.8 Å². The number of ketones is 2. The standard InChI is InChI=1S/C19H19NO7.2ClH/c20-18(26)14-9-4-7-2-1-3-11(22)13(7)16(24)15(9)17(25)19(27)10(14)5-8(21)6-12(19)23;;/h1-3,8-10,14,21-22,24,27H,4-6H2,(H2,20,26);2*1H. The molecule has 8 nitrogen and oxygen atoms in total. The van der Waals surface area contributed by atoms with Crippen molar-refractivity contribution in [3.8, 4) is 5.75 Å². The molecule has 6 N–H and O–H groups in total. The third-order valence-corrected chi connectivity index (χ3v) is 6.13. The minimum atomic E-state index is -2.53. The van der Waals surface area contributed by atoms with Crippen LogP contribution in [0, 0.1) is 17.8 Å². The highest BCUT2D eigenvalue weighted by atomic mass is 35.5. The predicted octanol–water partition coefficient (Wildman–Crippen LogP) is 0.432. The number of Topliss-reactive ketones (excluding diaryl/α,β-unsaturated/α-hetero) is 2. The van der Waals surface area contributed by atoms with Crippen molar-refractivity contribution in [1.82, 2.24) is 0 Å². The fraction of sp³-hybridized carbons (Fsp3) is 0.421. The minimum Gasteiger partial charge on any atom is -0.507 e. The van der Waals surface area contributed by atoms with Crippen LogP contribution < -0.4 is 5.73 Å². The topological polar surface area (TPSA) is 158 Å². The number of hydrogen-bond donors (Lipinski definition) is 5. The van der Waals surface area contributed by atoms with E-state index < -0.39 is 59.1 Å². The number of amides is 1. The number of carbonyl (C=O) groups is 3. The van der Waals surface area contributed by atoms with Gasteiger partial charge in [-0.3, -0.25) is 14.4 Å². The Kier molecular flexibility index (Phi) is 6.07. The van der Waals surface area contributed by atoms with Gasteiger partial charge in [-0.1, -0.05) is 12.1 Å². The highest BCUT2D eigenvalue weighted by molar-refractivity contribution is 6.22. The lowest BCUT2D eigenvalue weighted by molar-refractivity contribution is -0.173. The number of phenols is 1. The van der Waals surface area contributed by atoms with Gasteiger partial charge in [0.1, 0.15) is 11.5 Å². The van der Waals surface area contributed by atoms with E-state index in [0.717, 1.165) is 0 Å². The number of carbonyl (C=O) groups excluding carboxylic acids is 3. The first-order valence-electron chi connectivity index (χ1n) is 8.70. The van der Waals surface area contributed by atoms with E-state index >= 15 is 0 Å². The highest BCUT2D eigenvalue weighted by Crippen LogP contribution is 2.53. The fourth-order valence-electron chi connectivity index (χ4n) is 4.97. The van der Waals surface area contributed by atoms with E-state index in [-0.39, 0.29) is 54.5 Å². The second kappa shape index (κ2) is 7.60. The number of aliphatic hydroxyl groups is 3. The van der Waals surface area contributed by atoms with E-state index in [9.17, 15) is 34.8 Å². The van der Waals surface area contributed by atoms with E-state index in [1.54, 1.807) is 12.1 Å². The van der Waals surface area contributed by atoms with Gasteiger partial charge in [0.2, 0.25) is 11.7 Å². The molecule has 5 unspecified atom stereocenters. The molecule has 0 aliphatic heterocycles. The molecular formula is C19H21Cl2NO7. The molecule has 1 aromatic carbocycles. The van der Waals surface area contributed by atoms with Crippen LogP contribution in [0.3, 0.4) is 0 Å². The molecule has 10 heteroatoms. The van der Waals surface area contributed by atoms with Crippen molar-refractivity contribution in [3.63, 3.8) is 0 Å². The molecule has 158 valence electrons. The van der Waals surface area contributed by atoms with Gasteiger partial charge in [0.15, 0.2) is 11.4 Å². The van der Waals surface area contributed by atoms with Crippen molar-refractivity contribution >= 4 is 48.0 Å². The summed E-state index contributed by atoms with van der Waals surface area (Å²) in [6.07, 6.45) is -1.51. The molecule has 0 saturated heterocycles.